The van der Waals surface area contributed by atoms with Gasteiger partial charge in [0, 0.05) is 12.3 Å². The molecule has 0 radical (unpaired) electrons. The van der Waals surface area contributed by atoms with Gasteiger partial charge in [-0.2, -0.15) is 0 Å². The molecule has 1 aromatic carbocycles. The van der Waals surface area contributed by atoms with Gasteiger partial charge in [0.1, 0.15) is 8.07 Å². The molecule has 0 spiro atoms. The molecule has 0 saturated carbocycles. The first kappa shape index (κ1) is 12.8. The fourth-order valence-corrected chi connectivity index (χ4v) is 2.10. The van der Waals surface area contributed by atoms with Crippen LogP contribution >= 0.6 is 0 Å². The van der Waals surface area contributed by atoms with Crippen LogP contribution in [0.5, 0.6) is 0 Å². The average Bonchev–Trinajstić information content (AvgIpc) is 2.24. The van der Waals surface area contributed by atoms with Crippen molar-refractivity contribution < 1.29 is 0 Å². The maximum absolute atomic E-state index is 3.90. The van der Waals surface area contributed by atoms with E-state index >= 15 is 0 Å². The van der Waals surface area contributed by atoms with Crippen molar-refractivity contribution in [3.63, 3.8) is 0 Å². The first-order valence-corrected chi connectivity index (χ1v) is 9.20. The molecule has 1 heteroatoms. The minimum atomic E-state index is -1.23. The van der Waals surface area contributed by atoms with Gasteiger partial charge in [-0.1, -0.05) is 56.0 Å². The molecule has 0 fully saturated rings. The van der Waals surface area contributed by atoms with E-state index in [0.29, 0.717) is 5.92 Å². The molecule has 0 unspecified atom stereocenters. The molecule has 0 saturated heterocycles. The van der Waals surface area contributed by atoms with Gasteiger partial charge in [-0.15, -0.1) is 18.0 Å². The van der Waals surface area contributed by atoms with Crippen LogP contribution in [-0.4, -0.2) is 8.07 Å². The molecule has 0 aliphatic heterocycles. The second-order valence-electron chi connectivity index (χ2n) is 5.01. The monoisotopic (exact) mass is 228 g/mol. The highest BCUT2D eigenvalue weighted by atomic mass is 28.3. The minimum absolute atomic E-state index is 0.366. The summed E-state index contributed by atoms with van der Waals surface area (Å²) in [5.74, 6) is 3.68. The van der Waals surface area contributed by atoms with Crippen LogP contribution in [0.3, 0.4) is 0 Å². The van der Waals surface area contributed by atoms with Crippen molar-refractivity contribution in [1.82, 2.24) is 0 Å². The molecule has 84 valence electrons. The van der Waals surface area contributed by atoms with E-state index in [0.717, 1.165) is 6.42 Å². The highest BCUT2D eigenvalue weighted by molar-refractivity contribution is 6.83. The smallest absolute Gasteiger partial charge is 0.129 e. The summed E-state index contributed by atoms with van der Waals surface area (Å²) in [5.41, 5.74) is 4.71. The zero-order valence-electron chi connectivity index (χ0n) is 10.5. The Labute approximate surface area is 100 Å². The Morgan fingerprint density at radius 1 is 1.25 bits per heavy atom. The lowest BCUT2D eigenvalue weighted by molar-refractivity contribution is 0.885. The van der Waals surface area contributed by atoms with Gasteiger partial charge < -0.3 is 0 Å². The topological polar surface area (TPSA) is 0 Å². The van der Waals surface area contributed by atoms with E-state index in [2.05, 4.69) is 61.9 Å². The first-order chi connectivity index (χ1) is 7.53. The summed E-state index contributed by atoms with van der Waals surface area (Å²) in [6.07, 6.45) is 2.88. The number of hydrogen-bond acceptors (Lipinski definition) is 0. The fourth-order valence-electron chi connectivity index (χ4n) is 1.46. The van der Waals surface area contributed by atoms with Crippen LogP contribution in [0.1, 0.15) is 17.9 Å². The Kier molecular flexibility index (Phi) is 4.58. The third-order valence-electron chi connectivity index (χ3n) is 2.30. The predicted molar refractivity (Wildman–Crippen MR) is 75.1 cm³/mol. The third kappa shape index (κ3) is 4.50. The highest BCUT2D eigenvalue weighted by Gasteiger charge is 2.08. The van der Waals surface area contributed by atoms with Crippen LogP contribution in [0, 0.1) is 11.5 Å². The maximum Gasteiger partial charge on any atom is 0.129 e. The van der Waals surface area contributed by atoms with Crippen LogP contribution < -0.4 is 0 Å². The molecule has 0 aromatic heterocycles. The molecule has 0 amide bonds. The lowest BCUT2D eigenvalue weighted by Gasteiger charge is -2.09. The van der Waals surface area contributed by atoms with Crippen LogP contribution in [0.2, 0.25) is 19.6 Å². The zero-order chi connectivity index (χ0) is 12.0. The molecule has 0 aliphatic rings. The van der Waals surface area contributed by atoms with Crippen molar-refractivity contribution in [3.05, 3.63) is 48.6 Å². The van der Waals surface area contributed by atoms with Crippen molar-refractivity contribution in [2.24, 2.45) is 0 Å². The van der Waals surface area contributed by atoms with Crippen molar-refractivity contribution in [2.45, 2.75) is 32.0 Å². The van der Waals surface area contributed by atoms with Crippen LogP contribution in [0.15, 0.2) is 43.0 Å². The molecule has 1 atom stereocenters. The molecule has 1 aromatic rings. The van der Waals surface area contributed by atoms with E-state index in [4.69, 9.17) is 0 Å². The number of rotatable bonds is 3. The van der Waals surface area contributed by atoms with Crippen LogP contribution in [0.25, 0.3) is 0 Å². The van der Waals surface area contributed by atoms with E-state index in [9.17, 15) is 0 Å². The summed E-state index contributed by atoms with van der Waals surface area (Å²) in [4.78, 5) is 0. The molecule has 1 rings (SSSR count). The van der Waals surface area contributed by atoms with Gasteiger partial charge in [0.2, 0.25) is 0 Å². The summed E-state index contributed by atoms with van der Waals surface area (Å²) < 4.78 is 0. The second-order valence-corrected chi connectivity index (χ2v) is 9.76. The van der Waals surface area contributed by atoms with E-state index in [1.165, 1.54) is 5.56 Å². The number of hydrogen-bond donors (Lipinski definition) is 0. The summed E-state index contributed by atoms with van der Waals surface area (Å²) in [5, 5.41) is 0. The quantitative estimate of drug-likeness (QED) is 0.413. The molecule has 0 aliphatic carbocycles. The Balaban J connectivity index is 2.70. The van der Waals surface area contributed by atoms with Gasteiger partial charge in [0.05, 0.1) is 0 Å². The molecule has 0 bridgehead atoms. The zero-order valence-corrected chi connectivity index (χ0v) is 11.5. The van der Waals surface area contributed by atoms with Crippen LogP contribution in [-0.2, 0) is 0 Å². The predicted octanol–water partition coefficient (Wildman–Crippen LogP) is 4.23. The minimum Gasteiger partial charge on any atom is -0.132 e. The lowest BCUT2D eigenvalue weighted by Crippen LogP contribution is -2.16. The number of benzene rings is 1. The van der Waals surface area contributed by atoms with Gasteiger partial charge in [-0.05, 0) is 5.56 Å². The molecular formula is C15H20Si. The lowest BCUT2D eigenvalue weighted by atomic mass is 9.96. The van der Waals surface area contributed by atoms with E-state index in [1.54, 1.807) is 0 Å². The van der Waals surface area contributed by atoms with Gasteiger partial charge in [-0.25, -0.2) is 0 Å². The molecule has 0 N–H and O–H groups in total. The van der Waals surface area contributed by atoms with Crippen LogP contribution in [0.4, 0.5) is 0 Å². The van der Waals surface area contributed by atoms with E-state index in [-0.39, 0.29) is 0 Å². The third-order valence-corrected chi connectivity index (χ3v) is 3.22. The maximum atomic E-state index is 3.90. The van der Waals surface area contributed by atoms with E-state index in [1.807, 2.05) is 12.1 Å². The first-order valence-electron chi connectivity index (χ1n) is 5.70. The van der Waals surface area contributed by atoms with Gasteiger partial charge >= 0.3 is 0 Å². The number of allylic oxidation sites excluding steroid dienone is 1. The molecular weight excluding hydrogens is 208 g/mol. The molecule has 0 nitrogen and oxygen atoms in total. The van der Waals surface area contributed by atoms with Crippen molar-refractivity contribution in [2.75, 3.05) is 0 Å². The highest BCUT2D eigenvalue weighted by Crippen LogP contribution is 2.19. The normalized spacial score (nSPS) is 12.4. The largest absolute Gasteiger partial charge is 0.132 e. The van der Waals surface area contributed by atoms with Gasteiger partial charge in [0.25, 0.3) is 0 Å². The van der Waals surface area contributed by atoms with Gasteiger partial charge in [0.15, 0.2) is 0 Å². The summed E-state index contributed by atoms with van der Waals surface area (Å²) in [6.45, 7) is 10.7. The molecule has 0 heterocycles. The average molecular weight is 228 g/mol. The Morgan fingerprint density at radius 2 is 1.88 bits per heavy atom. The second kappa shape index (κ2) is 5.72. The van der Waals surface area contributed by atoms with Crippen molar-refractivity contribution in [1.29, 1.82) is 0 Å². The van der Waals surface area contributed by atoms with Crippen molar-refractivity contribution >= 4 is 8.07 Å². The fraction of sp³-hybridized carbons (Fsp3) is 0.333. The standard InChI is InChI=1S/C15H20Si/c1-5-14(12-9-13-16(2,3)4)15-10-7-6-8-11-15/h5-8,10-11,14H,1,12H2,2-4H3/t14-/m0/s1. The Hall–Kier alpha value is -1.26. The Bertz CT molecular complexity index is 387. The summed E-state index contributed by atoms with van der Waals surface area (Å²) in [6, 6.07) is 10.5. The Morgan fingerprint density at radius 3 is 2.38 bits per heavy atom. The SMILES string of the molecule is C=C[C@@H](CC#C[Si](C)(C)C)c1ccccc1. The summed E-state index contributed by atoms with van der Waals surface area (Å²) in [7, 11) is -1.23. The van der Waals surface area contributed by atoms with Gasteiger partial charge in [-0.3, -0.25) is 0 Å². The molecule has 16 heavy (non-hydrogen) atoms. The summed E-state index contributed by atoms with van der Waals surface area (Å²) >= 11 is 0. The van der Waals surface area contributed by atoms with Crippen molar-refractivity contribution in [3.8, 4) is 11.5 Å². The van der Waals surface area contributed by atoms with E-state index < -0.39 is 8.07 Å².